The first-order chi connectivity index (χ1) is 11.2. The fraction of sp³-hybridized carbons (Fsp3) is 0.200. The van der Waals surface area contributed by atoms with Crippen LogP contribution in [0.2, 0.25) is 0 Å². The molecule has 0 fully saturated rings. The summed E-state index contributed by atoms with van der Waals surface area (Å²) < 4.78 is 4.49. The molecule has 0 amide bonds. The molecule has 4 rings (SSSR count). The van der Waals surface area contributed by atoms with Gasteiger partial charge >= 0.3 is 5.76 Å². The Kier molecular flexibility index (Phi) is 3.38. The van der Waals surface area contributed by atoms with E-state index in [1.165, 1.54) is 0 Å². The predicted octanol–water partition coefficient (Wildman–Crippen LogP) is 1.57. The fourth-order valence-corrected chi connectivity index (χ4v) is 3.50. The third-order valence-corrected chi connectivity index (χ3v) is 4.69. The van der Waals surface area contributed by atoms with E-state index in [4.69, 9.17) is 0 Å². The van der Waals surface area contributed by atoms with Crippen molar-refractivity contribution in [1.82, 2.24) is 20.1 Å². The molecule has 0 unspecified atom stereocenters. The normalized spacial score (nSPS) is 13.7. The number of aromatic nitrogens is 4. The third kappa shape index (κ3) is 2.61. The molecule has 0 atom stereocenters. The van der Waals surface area contributed by atoms with E-state index in [2.05, 4.69) is 24.6 Å². The van der Waals surface area contributed by atoms with Gasteiger partial charge in [-0.15, -0.1) is 0 Å². The molecule has 3 aromatic rings. The molecule has 7 nitrogen and oxygen atoms in total. The van der Waals surface area contributed by atoms with Crippen LogP contribution in [0.15, 0.2) is 38.4 Å². The van der Waals surface area contributed by atoms with Crippen molar-refractivity contribution in [3.63, 3.8) is 0 Å². The van der Waals surface area contributed by atoms with E-state index in [1.54, 1.807) is 23.9 Å². The quantitative estimate of drug-likeness (QED) is 0.740. The summed E-state index contributed by atoms with van der Waals surface area (Å²) in [4.78, 5) is 33.1. The lowest BCUT2D eigenvalue weighted by Gasteiger charge is -2.14. The molecule has 8 heteroatoms. The summed E-state index contributed by atoms with van der Waals surface area (Å²) in [6.45, 7) is 0. The van der Waals surface area contributed by atoms with Crippen molar-refractivity contribution in [3.05, 3.63) is 56.4 Å². The van der Waals surface area contributed by atoms with Crippen LogP contribution >= 0.6 is 11.8 Å². The third-order valence-electron chi connectivity index (χ3n) is 3.70. The number of rotatable bonds is 2. The number of nitrogens with zero attached hydrogens (tertiary/aromatic N) is 2. The van der Waals surface area contributed by atoms with Gasteiger partial charge in [-0.2, -0.15) is 11.8 Å². The lowest BCUT2D eigenvalue weighted by molar-refractivity contribution is 0.388. The Hall–Kier alpha value is -2.61. The molecule has 1 aromatic carbocycles. The van der Waals surface area contributed by atoms with Gasteiger partial charge < -0.3 is 4.98 Å². The summed E-state index contributed by atoms with van der Waals surface area (Å²) in [5.41, 5.74) is 3.12. The van der Waals surface area contributed by atoms with Gasteiger partial charge in [-0.05, 0) is 12.2 Å². The minimum atomic E-state index is -0.595. The lowest BCUT2D eigenvalue weighted by Crippen LogP contribution is -2.21. The summed E-state index contributed by atoms with van der Waals surface area (Å²) in [5, 5.41) is 3.64. The van der Waals surface area contributed by atoms with Crippen molar-refractivity contribution in [2.45, 2.75) is 12.2 Å². The second kappa shape index (κ2) is 5.54. The summed E-state index contributed by atoms with van der Waals surface area (Å²) in [6, 6.07) is 7.23. The van der Waals surface area contributed by atoms with E-state index < -0.39 is 5.76 Å². The van der Waals surface area contributed by atoms with Crippen LogP contribution in [0.25, 0.3) is 22.8 Å². The maximum Gasteiger partial charge on any atom is 0.439 e. The largest absolute Gasteiger partial charge is 0.439 e. The van der Waals surface area contributed by atoms with E-state index in [9.17, 15) is 9.59 Å². The van der Waals surface area contributed by atoms with Crippen molar-refractivity contribution in [2.24, 2.45) is 0 Å². The zero-order valence-corrected chi connectivity index (χ0v) is 12.8. The zero-order chi connectivity index (χ0) is 15.8. The molecule has 0 spiro atoms. The number of fused-ring (bicyclic) bond motifs is 1. The first kappa shape index (κ1) is 14.0. The second-order valence-electron chi connectivity index (χ2n) is 5.16. The van der Waals surface area contributed by atoms with Crippen LogP contribution < -0.4 is 11.3 Å². The minimum Gasteiger partial charge on any atom is -0.306 e. The molecular formula is C15H12N4O3S. The number of benzene rings is 1. The fourth-order valence-electron chi connectivity index (χ4n) is 2.52. The van der Waals surface area contributed by atoms with Gasteiger partial charge in [0.05, 0.1) is 5.69 Å². The Bertz CT molecular complexity index is 971. The van der Waals surface area contributed by atoms with Crippen LogP contribution in [-0.2, 0) is 12.2 Å². The first-order valence-electron chi connectivity index (χ1n) is 7.07. The van der Waals surface area contributed by atoms with Gasteiger partial charge in [0, 0.05) is 22.4 Å². The Labute approximate surface area is 134 Å². The van der Waals surface area contributed by atoms with Crippen molar-refractivity contribution >= 4 is 11.8 Å². The molecule has 1 aliphatic rings. The maximum atomic E-state index is 12.2. The number of thioether (sulfide) groups is 1. The highest BCUT2D eigenvalue weighted by Gasteiger charge is 2.16. The molecule has 0 radical (unpaired) electrons. The van der Waals surface area contributed by atoms with Gasteiger partial charge in [-0.25, -0.2) is 9.78 Å². The smallest absolute Gasteiger partial charge is 0.306 e. The predicted molar refractivity (Wildman–Crippen MR) is 86.3 cm³/mol. The van der Waals surface area contributed by atoms with Gasteiger partial charge in [0.15, 0.2) is 5.82 Å². The molecule has 0 saturated heterocycles. The number of H-pyrrole nitrogens is 2. The topological polar surface area (TPSA) is 105 Å². The number of aromatic amines is 2. The van der Waals surface area contributed by atoms with Crippen LogP contribution in [0, 0.1) is 0 Å². The summed E-state index contributed by atoms with van der Waals surface area (Å²) in [7, 11) is 0. The standard InChI is InChI=1S/C15H12N4O3S/c20-14-10-7-23-6-5-11(10)16-12(17-14)8-1-3-9(4-2-8)13-18-15(21)22-19-13/h1-4H,5-7H2,(H,16,17,20)(H,18,19,21). The van der Waals surface area contributed by atoms with Crippen LogP contribution in [0.4, 0.5) is 0 Å². The number of hydrogen-bond donors (Lipinski definition) is 2. The average molecular weight is 328 g/mol. The van der Waals surface area contributed by atoms with Gasteiger partial charge in [-0.3, -0.25) is 14.3 Å². The van der Waals surface area contributed by atoms with Crippen molar-refractivity contribution in [1.29, 1.82) is 0 Å². The Morgan fingerprint density at radius 3 is 2.48 bits per heavy atom. The van der Waals surface area contributed by atoms with Crippen LogP contribution in [0.5, 0.6) is 0 Å². The first-order valence-corrected chi connectivity index (χ1v) is 8.23. The highest BCUT2D eigenvalue weighted by molar-refractivity contribution is 7.98. The van der Waals surface area contributed by atoms with Gasteiger partial charge in [0.25, 0.3) is 5.56 Å². The summed E-state index contributed by atoms with van der Waals surface area (Å²) in [5.74, 6) is 2.03. The Morgan fingerprint density at radius 1 is 1.04 bits per heavy atom. The molecule has 0 saturated carbocycles. The average Bonchev–Trinajstić information content (AvgIpc) is 3.01. The zero-order valence-electron chi connectivity index (χ0n) is 12.0. The van der Waals surface area contributed by atoms with Gasteiger partial charge in [0.1, 0.15) is 5.82 Å². The molecule has 1 aliphatic heterocycles. The monoisotopic (exact) mass is 328 g/mol. The molecule has 2 aromatic heterocycles. The molecule has 3 heterocycles. The minimum absolute atomic E-state index is 0.0675. The van der Waals surface area contributed by atoms with Crippen LogP contribution in [0.3, 0.4) is 0 Å². The summed E-state index contributed by atoms with van der Waals surface area (Å²) >= 11 is 1.75. The van der Waals surface area contributed by atoms with Crippen LogP contribution in [0.1, 0.15) is 11.3 Å². The lowest BCUT2D eigenvalue weighted by atomic mass is 10.1. The Morgan fingerprint density at radius 2 is 1.78 bits per heavy atom. The number of hydrogen-bond acceptors (Lipinski definition) is 6. The van der Waals surface area contributed by atoms with Gasteiger partial charge in [-0.1, -0.05) is 29.4 Å². The summed E-state index contributed by atoms with van der Waals surface area (Å²) in [6.07, 6.45) is 0.815. The Balaban J connectivity index is 1.72. The van der Waals surface area contributed by atoms with Crippen LogP contribution in [-0.4, -0.2) is 25.9 Å². The van der Waals surface area contributed by atoms with E-state index in [0.717, 1.165) is 40.3 Å². The van der Waals surface area contributed by atoms with E-state index in [1.807, 2.05) is 12.1 Å². The number of aryl methyl sites for hydroxylation is 1. The number of nitrogens with one attached hydrogen (secondary N) is 2. The van der Waals surface area contributed by atoms with E-state index in [-0.39, 0.29) is 5.56 Å². The molecule has 23 heavy (non-hydrogen) atoms. The maximum absolute atomic E-state index is 12.2. The van der Waals surface area contributed by atoms with Crippen molar-refractivity contribution in [2.75, 3.05) is 5.75 Å². The van der Waals surface area contributed by atoms with E-state index >= 15 is 0 Å². The van der Waals surface area contributed by atoms with E-state index in [0.29, 0.717) is 11.6 Å². The molecule has 116 valence electrons. The highest BCUT2D eigenvalue weighted by atomic mass is 32.2. The highest BCUT2D eigenvalue weighted by Crippen LogP contribution is 2.23. The van der Waals surface area contributed by atoms with Crippen molar-refractivity contribution in [3.8, 4) is 22.8 Å². The molecular weight excluding hydrogens is 316 g/mol. The SMILES string of the molecule is O=c1[nH]c(-c2ccc(-c3nc4c(c(=O)[nH]3)CSCC4)cc2)no1. The van der Waals surface area contributed by atoms with Gasteiger partial charge in [0.2, 0.25) is 0 Å². The van der Waals surface area contributed by atoms with Crippen molar-refractivity contribution < 1.29 is 4.52 Å². The molecule has 0 bridgehead atoms. The molecule has 0 aliphatic carbocycles. The molecule has 2 N–H and O–H groups in total. The second-order valence-corrected chi connectivity index (χ2v) is 6.27.